The normalized spacial score (nSPS) is 14.2. The molecule has 0 bridgehead atoms. The predicted octanol–water partition coefficient (Wildman–Crippen LogP) is 3.33. The van der Waals surface area contributed by atoms with Crippen molar-refractivity contribution in [2.45, 2.75) is 18.3 Å². The number of halogens is 2. The number of hydrogen-bond donors (Lipinski definition) is 2. The molecule has 1 fully saturated rings. The number of methoxy groups -OCH3 is 1. The molecule has 28 heavy (non-hydrogen) atoms. The van der Waals surface area contributed by atoms with Crippen molar-refractivity contribution in [1.29, 1.82) is 0 Å². The molecule has 8 heteroatoms. The lowest BCUT2D eigenvalue weighted by molar-refractivity contribution is -0.119. The molecular weight excluding hydrogens is 403 g/mol. The van der Waals surface area contributed by atoms with Crippen LogP contribution in [-0.4, -0.2) is 32.1 Å². The lowest BCUT2D eigenvalue weighted by atomic mass is 9.96. The maximum absolute atomic E-state index is 12.6. The zero-order valence-corrected chi connectivity index (χ0v) is 16.8. The highest BCUT2D eigenvalue weighted by Crippen LogP contribution is 2.47. The number of hydrogen-bond acceptors (Lipinski definition) is 4. The first-order chi connectivity index (χ1) is 13.3. The third kappa shape index (κ3) is 4.51. The Kier molecular flexibility index (Phi) is 6.01. The first kappa shape index (κ1) is 20.3. The lowest BCUT2D eigenvalue weighted by Crippen LogP contribution is -2.32. The fraction of sp³-hybridized carbons (Fsp3) is 0.300. The first-order valence-electron chi connectivity index (χ1n) is 8.67. The Bertz CT molecular complexity index is 896. The van der Waals surface area contributed by atoms with Gasteiger partial charge in [0.2, 0.25) is 0 Å². The molecule has 0 heterocycles. The molecule has 0 saturated heterocycles. The molecular formula is C20H20Cl2N2O4. The fourth-order valence-electron chi connectivity index (χ4n) is 3.01. The van der Waals surface area contributed by atoms with Crippen molar-refractivity contribution >= 4 is 35.0 Å². The molecule has 6 nitrogen and oxygen atoms in total. The lowest BCUT2D eigenvalue weighted by Gasteiger charge is -2.18. The third-order valence-corrected chi connectivity index (χ3v) is 5.28. The Morgan fingerprint density at radius 1 is 1.18 bits per heavy atom. The van der Waals surface area contributed by atoms with Crippen LogP contribution in [-0.2, 0) is 10.2 Å². The minimum atomic E-state index is -0.642. The number of carbonyl (C=O) groups is 2. The van der Waals surface area contributed by atoms with Crippen molar-refractivity contribution in [3.05, 3.63) is 57.6 Å². The summed E-state index contributed by atoms with van der Waals surface area (Å²) in [5, 5.41) is 3.80. The smallest absolute Gasteiger partial charge is 0.255 e. The number of rotatable bonds is 8. The second-order valence-corrected chi connectivity index (χ2v) is 7.56. The molecule has 1 aliphatic carbocycles. The van der Waals surface area contributed by atoms with Crippen LogP contribution in [0.3, 0.4) is 0 Å². The number of benzene rings is 2. The highest BCUT2D eigenvalue weighted by Gasteiger charge is 2.44. The molecule has 0 aliphatic heterocycles. The van der Waals surface area contributed by atoms with E-state index in [-0.39, 0.29) is 34.5 Å². The van der Waals surface area contributed by atoms with Crippen molar-refractivity contribution in [3.63, 3.8) is 0 Å². The summed E-state index contributed by atoms with van der Waals surface area (Å²) in [5.74, 6) is -0.504. The highest BCUT2D eigenvalue weighted by molar-refractivity contribution is 6.32. The summed E-state index contributed by atoms with van der Waals surface area (Å²) in [6, 6.07) is 10.7. The molecule has 0 spiro atoms. The molecule has 0 unspecified atom stereocenters. The van der Waals surface area contributed by atoms with Gasteiger partial charge in [0, 0.05) is 22.5 Å². The van der Waals surface area contributed by atoms with Gasteiger partial charge in [0.15, 0.2) is 18.1 Å². The molecule has 2 aromatic carbocycles. The maximum atomic E-state index is 12.6. The topological polar surface area (TPSA) is 90.7 Å². The van der Waals surface area contributed by atoms with Crippen molar-refractivity contribution in [1.82, 2.24) is 5.32 Å². The quantitative estimate of drug-likeness (QED) is 0.682. The van der Waals surface area contributed by atoms with Gasteiger partial charge >= 0.3 is 0 Å². The molecule has 1 saturated carbocycles. The van der Waals surface area contributed by atoms with E-state index in [0.29, 0.717) is 17.1 Å². The minimum Gasteiger partial charge on any atom is -0.493 e. The molecule has 2 amide bonds. The van der Waals surface area contributed by atoms with Crippen LogP contribution in [0.15, 0.2) is 36.4 Å². The molecule has 148 valence electrons. The average Bonchev–Trinajstić information content (AvgIpc) is 3.46. The second kappa shape index (κ2) is 8.29. The maximum Gasteiger partial charge on any atom is 0.255 e. The van der Waals surface area contributed by atoms with E-state index >= 15 is 0 Å². The van der Waals surface area contributed by atoms with Crippen LogP contribution in [0.2, 0.25) is 10.0 Å². The molecule has 2 aromatic rings. The largest absolute Gasteiger partial charge is 0.493 e. The summed E-state index contributed by atoms with van der Waals surface area (Å²) >= 11 is 12.2. The fourth-order valence-corrected chi connectivity index (χ4v) is 3.40. The Morgan fingerprint density at radius 3 is 2.43 bits per heavy atom. The number of primary amides is 1. The summed E-state index contributed by atoms with van der Waals surface area (Å²) in [6.07, 6.45) is 2.00. The molecule has 3 N–H and O–H groups in total. The van der Waals surface area contributed by atoms with Gasteiger partial charge in [-0.05, 0) is 42.7 Å². The van der Waals surface area contributed by atoms with Gasteiger partial charge in [0.05, 0.1) is 12.1 Å². The van der Waals surface area contributed by atoms with Crippen molar-refractivity contribution in [3.8, 4) is 11.5 Å². The Labute approximate surface area is 172 Å². The van der Waals surface area contributed by atoms with Crippen LogP contribution in [0.4, 0.5) is 0 Å². The predicted molar refractivity (Wildman–Crippen MR) is 107 cm³/mol. The Balaban J connectivity index is 1.71. The number of ether oxygens (including phenoxy) is 2. The SMILES string of the molecule is COc1cc(C(=O)NCC2(c3ccc(Cl)cc3)CC2)cc(Cl)c1OCC(N)=O. The number of amides is 2. The van der Waals surface area contributed by atoms with Crippen LogP contribution < -0.4 is 20.5 Å². The van der Waals surface area contributed by atoms with Crippen LogP contribution in [0.5, 0.6) is 11.5 Å². The highest BCUT2D eigenvalue weighted by atomic mass is 35.5. The van der Waals surface area contributed by atoms with Crippen molar-refractivity contribution in [2.24, 2.45) is 5.73 Å². The van der Waals surface area contributed by atoms with E-state index in [4.69, 9.17) is 38.4 Å². The van der Waals surface area contributed by atoms with Crippen LogP contribution in [0.25, 0.3) is 0 Å². The zero-order valence-electron chi connectivity index (χ0n) is 15.3. The van der Waals surface area contributed by atoms with Crippen LogP contribution >= 0.6 is 23.2 Å². The Morgan fingerprint density at radius 2 is 1.86 bits per heavy atom. The summed E-state index contributed by atoms with van der Waals surface area (Å²) < 4.78 is 10.5. The van der Waals surface area contributed by atoms with E-state index < -0.39 is 5.91 Å². The third-order valence-electron chi connectivity index (χ3n) is 4.75. The molecule has 0 radical (unpaired) electrons. The van der Waals surface area contributed by atoms with Gasteiger partial charge in [-0.15, -0.1) is 0 Å². The first-order valence-corrected chi connectivity index (χ1v) is 9.43. The minimum absolute atomic E-state index is 0.0569. The standard InChI is InChI=1S/C20H20Cl2N2O4/c1-27-16-9-12(8-15(22)18(16)28-10-17(23)25)19(26)24-11-20(6-7-20)13-2-4-14(21)5-3-13/h2-5,8-9H,6-7,10-11H2,1H3,(H2,23,25)(H,24,26). The zero-order chi connectivity index (χ0) is 20.3. The average molecular weight is 423 g/mol. The van der Waals surface area contributed by atoms with Gasteiger partial charge in [0.1, 0.15) is 0 Å². The monoisotopic (exact) mass is 422 g/mol. The molecule has 0 aromatic heterocycles. The second-order valence-electron chi connectivity index (χ2n) is 6.71. The molecule has 0 atom stereocenters. The van der Waals surface area contributed by atoms with E-state index in [1.807, 2.05) is 24.3 Å². The van der Waals surface area contributed by atoms with Gasteiger partial charge in [0.25, 0.3) is 11.8 Å². The summed E-state index contributed by atoms with van der Waals surface area (Å²) in [5.41, 5.74) is 6.52. The van der Waals surface area contributed by atoms with Crippen molar-refractivity contribution in [2.75, 3.05) is 20.3 Å². The van der Waals surface area contributed by atoms with E-state index in [1.54, 1.807) is 0 Å². The summed E-state index contributed by atoms with van der Waals surface area (Å²) in [6.45, 7) is 0.165. The van der Waals surface area contributed by atoms with E-state index in [2.05, 4.69) is 5.32 Å². The summed E-state index contributed by atoms with van der Waals surface area (Å²) in [4.78, 5) is 23.6. The van der Waals surface area contributed by atoms with Gasteiger partial charge in [-0.2, -0.15) is 0 Å². The van der Waals surface area contributed by atoms with Crippen LogP contribution in [0.1, 0.15) is 28.8 Å². The van der Waals surface area contributed by atoms with Crippen molar-refractivity contribution < 1.29 is 19.1 Å². The van der Waals surface area contributed by atoms with E-state index in [0.717, 1.165) is 18.4 Å². The van der Waals surface area contributed by atoms with Gasteiger partial charge in [-0.1, -0.05) is 35.3 Å². The Hall–Kier alpha value is -2.44. The number of carbonyl (C=O) groups excluding carboxylic acids is 2. The molecule has 3 rings (SSSR count). The van der Waals surface area contributed by atoms with E-state index in [1.165, 1.54) is 19.2 Å². The number of nitrogens with two attached hydrogens (primary N) is 1. The van der Waals surface area contributed by atoms with Crippen LogP contribution in [0, 0.1) is 0 Å². The van der Waals surface area contributed by atoms with Gasteiger partial charge in [-0.25, -0.2) is 0 Å². The molecule has 1 aliphatic rings. The van der Waals surface area contributed by atoms with Gasteiger partial charge in [-0.3, -0.25) is 9.59 Å². The van der Waals surface area contributed by atoms with Gasteiger partial charge < -0.3 is 20.5 Å². The van der Waals surface area contributed by atoms with E-state index in [9.17, 15) is 9.59 Å². The summed E-state index contributed by atoms with van der Waals surface area (Å²) in [7, 11) is 1.42. The number of nitrogens with one attached hydrogen (secondary N) is 1.